The Labute approximate surface area is 110 Å². The van der Waals surface area contributed by atoms with Gasteiger partial charge in [0.15, 0.2) is 12.9 Å². The van der Waals surface area contributed by atoms with Crippen LogP contribution in [0.4, 0.5) is 0 Å². The molecule has 2 aromatic rings. The fourth-order valence-corrected chi connectivity index (χ4v) is 1.51. The van der Waals surface area contributed by atoms with Gasteiger partial charge >= 0.3 is 0 Å². The van der Waals surface area contributed by atoms with Gasteiger partial charge in [0.05, 0.1) is 12.7 Å². The van der Waals surface area contributed by atoms with Crippen LogP contribution in [0.15, 0.2) is 22.7 Å². The van der Waals surface area contributed by atoms with Gasteiger partial charge in [-0.3, -0.25) is 4.79 Å². The van der Waals surface area contributed by atoms with Crippen molar-refractivity contribution >= 4 is 6.29 Å². The highest BCUT2D eigenvalue weighted by atomic mass is 16.5. The van der Waals surface area contributed by atoms with Crippen LogP contribution >= 0.6 is 0 Å². The molecule has 0 saturated heterocycles. The van der Waals surface area contributed by atoms with Crippen LogP contribution < -0.4 is 9.47 Å². The normalized spacial score (nSPS) is 10.2. The summed E-state index contributed by atoms with van der Waals surface area (Å²) in [6.45, 7) is 2.07. The molecule has 1 aromatic heterocycles. The maximum atomic E-state index is 11.0. The van der Waals surface area contributed by atoms with Crippen molar-refractivity contribution in [3.8, 4) is 11.5 Å². The first-order valence-corrected chi connectivity index (χ1v) is 5.84. The number of ether oxygens (including phenoxy) is 2. The summed E-state index contributed by atoms with van der Waals surface area (Å²) in [7, 11) is 1.54. The summed E-state index contributed by atoms with van der Waals surface area (Å²) in [6, 6.07) is 5.00. The van der Waals surface area contributed by atoms with Crippen LogP contribution in [-0.4, -0.2) is 23.5 Å². The van der Waals surface area contributed by atoms with E-state index in [9.17, 15) is 4.79 Å². The van der Waals surface area contributed by atoms with Crippen molar-refractivity contribution in [2.45, 2.75) is 20.0 Å². The van der Waals surface area contributed by atoms with Crippen LogP contribution in [-0.2, 0) is 13.0 Å². The molecule has 0 atom stereocenters. The van der Waals surface area contributed by atoms with E-state index < -0.39 is 0 Å². The largest absolute Gasteiger partial charge is 0.497 e. The Bertz CT molecular complexity index is 566. The van der Waals surface area contributed by atoms with Gasteiger partial charge in [0.1, 0.15) is 11.5 Å². The summed E-state index contributed by atoms with van der Waals surface area (Å²) >= 11 is 0. The molecule has 6 heteroatoms. The second-order valence-corrected chi connectivity index (χ2v) is 3.77. The first-order chi connectivity index (χ1) is 9.26. The lowest BCUT2D eigenvalue weighted by atomic mass is 10.2. The highest BCUT2D eigenvalue weighted by Gasteiger charge is 2.08. The van der Waals surface area contributed by atoms with Gasteiger partial charge in [-0.25, -0.2) is 0 Å². The van der Waals surface area contributed by atoms with E-state index in [0.717, 1.165) is 0 Å². The number of rotatable bonds is 6. The third kappa shape index (κ3) is 3.09. The Morgan fingerprint density at radius 1 is 1.42 bits per heavy atom. The molecule has 0 radical (unpaired) electrons. The molecule has 6 nitrogen and oxygen atoms in total. The minimum Gasteiger partial charge on any atom is -0.497 e. The second kappa shape index (κ2) is 5.99. The summed E-state index contributed by atoms with van der Waals surface area (Å²) in [5, 5.41) is 3.77. The molecule has 0 fully saturated rings. The highest BCUT2D eigenvalue weighted by Crippen LogP contribution is 2.23. The number of carbonyl (C=O) groups excluding carboxylic acids is 1. The Morgan fingerprint density at radius 3 is 2.89 bits per heavy atom. The lowest BCUT2D eigenvalue weighted by molar-refractivity contribution is 0.111. The first-order valence-electron chi connectivity index (χ1n) is 5.84. The fourth-order valence-electron chi connectivity index (χ4n) is 1.51. The summed E-state index contributed by atoms with van der Waals surface area (Å²) in [4.78, 5) is 15.1. The molecule has 19 heavy (non-hydrogen) atoms. The Balaban J connectivity index is 2.08. The van der Waals surface area contributed by atoms with Gasteiger partial charge in [-0.2, -0.15) is 4.98 Å². The third-order valence-electron chi connectivity index (χ3n) is 2.51. The van der Waals surface area contributed by atoms with Crippen LogP contribution in [0.2, 0.25) is 0 Å². The van der Waals surface area contributed by atoms with Gasteiger partial charge < -0.3 is 14.0 Å². The van der Waals surface area contributed by atoms with Gasteiger partial charge in [0.25, 0.3) is 0 Å². The van der Waals surface area contributed by atoms with E-state index in [4.69, 9.17) is 14.0 Å². The number of carbonyl (C=O) groups is 1. The number of nitrogens with zero attached hydrogens (tertiary/aromatic N) is 2. The van der Waals surface area contributed by atoms with E-state index >= 15 is 0 Å². The second-order valence-electron chi connectivity index (χ2n) is 3.77. The molecule has 0 N–H and O–H groups in total. The van der Waals surface area contributed by atoms with Crippen LogP contribution in [0.1, 0.15) is 29.0 Å². The summed E-state index contributed by atoms with van der Waals surface area (Å²) < 4.78 is 15.5. The smallest absolute Gasteiger partial charge is 0.226 e. The van der Waals surface area contributed by atoms with Crippen molar-refractivity contribution in [3.63, 3.8) is 0 Å². The molecular weight excluding hydrogens is 248 g/mol. The van der Waals surface area contributed by atoms with Gasteiger partial charge in [0, 0.05) is 6.42 Å². The quantitative estimate of drug-likeness (QED) is 0.741. The molecule has 0 aliphatic heterocycles. The summed E-state index contributed by atoms with van der Waals surface area (Å²) in [6.07, 6.45) is 1.39. The van der Waals surface area contributed by atoms with Gasteiger partial charge in [-0.15, -0.1) is 0 Å². The predicted octanol–water partition coefficient (Wildman–Crippen LogP) is 2.03. The van der Waals surface area contributed by atoms with E-state index in [1.54, 1.807) is 18.2 Å². The maximum absolute atomic E-state index is 11.0. The minimum absolute atomic E-state index is 0.149. The molecule has 0 saturated carbocycles. The van der Waals surface area contributed by atoms with Crippen LogP contribution in [0.3, 0.4) is 0 Å². The lowest BCUT2D eigenvalue weighted by Gasteiger charge is -2.07. The topological polar surface area (TPSA) is 74.5 Å². The minimum atomic E-state index is 0.149. The number of aryl methyl sites for hydroxylation is 1. The van der Waals surface area contributed by atoms with E-state index in [1.807, 2.05) is 6.92 Å². The van der Waals surface area contributed by atoms with Crippen molar-refractivity contribution in [3.05, 3.63) is 35.5 Å². The zero-order valence-corrected chi connectivity index (χ0v) is 10.8. The Kier molecular flexibility index (Phi) is 4.12. The predicted molar refractivity (Wildman–Crippen MR) is 66.4 cm³/mol. The molecular formula is C13H14N2O4. The molecule has 0 unspecified atom stereocenters. The number of aldehydes is 1. The average molecular weight is 262 g/mol. The van der Waals surface area contributed by atoms with E-state index in [2.05, 4.69) is 10.1 Å². The van der Waals surface area contributed by atoms with Crippen LogP contribution in [0, 0.1) is 0 Å². The van der Waals surface area contributed by atoms with Gasteiger partial charge in [-0.05, 0) is 18.2 Å². The Hall–Kier alpha value is -2.37. The standard InChI is InChI=1S/C13H14N2O4/c1-3-13-14-12(15-19-13)8-18-11-5-4-10(17-2)6-9(11)7-16/h4-7H,3,8H2,1-2H3. The van der Waals surface area contributed by atoms with Crippen molar-refractivity contribution in [1.82, 2.24) is 10.1 Å². The monoisotopic (exact) mass is 262 g/mol. The zero-order chi connectivity index (χ0) is 13.7. The summed E-state index contributed by atoms with van der Waals surface area (Å²) in [5.74, 6) is 2.06. The maximum Gasteiger partial charge on any atom is 0.226 e. The highest BCUT2D eigenvalue weighted by molar-refractivity contribution is 5.80. The van der Waals surface area contributed by atoms with Crippen molar-refractivity contribution < 1.29 is 18.8 Å². The number of hydrogen-bond donors (Lipinski definition) is 0. The van der Waals surface area contributed by atoms with E-state index in [0.29, 0.717) is 41.5 Å². The zero-order valence-electron chi connectivity index (χ0n) is 10.8. The molecule has 1 heterocycles. The number of hydrogen-bond acceptors (Lipinski definition) is 6. The molecule has 0 aliphatic rings. The van der Waals surface area contributed by atoms with Crippen molar-refractivity contribution in [1.29, 1.82) is 0 Å². The number of benzene rings is 1. The van der Waals surface area contributed by atoms with Crippen molar-refractivity contribution in [2.75, 3.05) is 7.11 Å². The Morgan fingerprint density at radius 2 is 2.26 bits per heavy atom. The average Bonchev–Trinajstić information content (AvgIpc) is 2.92. The first kappa shape index (κ1) is 13.1. The van der Waals surface area contributed by atoms with Crippen molar-refractivity contribution in [2.24, 2.45) is 0 Å². The number of aromatic nitrogens is 2. The molecule has 0 bridgehead atoms. The molecule has 0 aliphatic carbocycles. The SMILES string of the molecule is CCc1nc(COc2ccc(OC)cc2C=O)no1. The molecule has 0 spiro atoms. The van der Waals surface area contributed by atoms with Crippen LogP contribution in [0.5, 0.6) is 11.5 Å². The van der Waals surface area contributed by atoms with E-state index in [-0.39, 0.29) is 6.61 Å². The van der Waals surface area contributed by atoms with E-state index in [1.165, 1.54) is 7.11 Å². The molecule has 2 rings (SSSR count). The lowest BCUT2D eigenvalue weighted by Crippen LogP contribution is -2.00. The van der Waals surface area contributed by atoms with Crippen LogP contribution in [0.25, 0.3) is 0 Å². The molecule has 1 aromatic carbocycles. The van der Waals surface area contributed by atoms with Gasteiger partial charge in [0.2, 0.25) is 11.7 Å². The fraction of sp³-hybridized carbons (Fsp3) is 0.308. The third-order valence-corrected chi connectivity index (χ3v) is 2.51. The number of methoxy groups -OCH3 is 1. The molecule has 100 valence electrons. The summed E-state index contributed by atoms with van der Waals surface area (Å²) in [5.41, 5.74) is 0.415. The van der Waals surface area contributed by atoms with Gasteiger partial charge in [-0.1, -0.05) is 12.1 Å². The molecule has 0 amide bonds.